The van der Waals surface area contributed by atoms with E-state index in [9.17, 15) is 4.79 Å². The van der Waals surface area contributed by atoms with E-state index in [0.29, 0.717) is 5.13 Å². The molecule has 0 atom stereocenters. The van der Waals surface area contributed by atoms with E-state index in [2.05, 4.69) is 20.3 Å². The number of carbonyl (C=O) groups excluding carboxylic acids is 1. The summed E-state index contributed by atoms with van der Waals surface area (Å²) in [7, 11) is 1.60. The van der Waals surface area contributed by atoms with Crippen LogP contribution in [-0.4, -0.2) is 28.0 Å². The summed E-state index contributed by atoms with van der Waals surface area (Å²) in [5.74, 6) is 0.626. The smallest absolute Gasteiger partial charge is 0.277 e. The molecule has 106 valence electrons. The molecule has 0 fully saturated rings. The number of nitrogens with two attached hydrogens (primary N) is 1. The molecule has 3 rings (SSSR count). The first-order valence-electron chi connectivity index (χ1n) is 5.99. The zero-order valence-electron chi connectivity index (χ0n) is 11.0. The van der Waals surface area contributed by atoms with E-state index >= 15 is 0 Å². The van der Waals surface area contributed by atoms with Crippen LogP contribution in [0.1, 0.15) is 10.5 Å². The van der Waals surface area contributed by atoms with Crippen LogP contribution in [0.5, 0.6) is 5.75 Å². The number of benzene rings is 1. The monoisotopic (exact) mass is 301 g/mol. The Morgan fingerprint density at radius 3 is 2.90 bits per heavy atom. The molecular weight excluding hydrogens is 290 g/mol. The number of thiazole rings is 1. The van der Waals surface area contributed by atoms with Crippen LogP contribution >= 0.6 is 11.3 Å². The van der Waals surface area contributed by atoms with Crippen molar-refractivity contribution in [3.05, 3.63) is 36.3 Å². The van der Waals surface area contributed by atoms with Gasteiger partial charge < -0.3 is 10.5 Å². The summed E-state index contributed by atoms with van der Waals surface area (Å²) < 4.78 is 6.08. The number of hydrogen-bond acceptors (Lipinski definition) is 7. The van der Waals surface area contributed by atoms with Gasteiger partial charge in [0.15, 0.2) is 5.13 Å². The van der Waals surface area contributed by atoms with Gasteiger partial charge in [-0.05, 0) is 18.2 Å². The van der Waals surface area contributed by atoms with Crippen molar-refractivity contribution in [1.82, 2.24) is 15.0 Å². The molecule has 21 heavy (non-hydrogen) atoms. The summed E-state index contributed by atoms with van der Waals surface area (Å²) in [6.45, 7) is 0. The summed E-state index contributed by atoms with van der Waals surface area (Å²) in [6, 6.07) is 5.52. The van der Waals surface area contributed by atoms with E-state index in [1.54, 1.807) is 7.11 Å². The fourth-order valence-electron chi connectivity index (χ4n) is 1.70. The molecule has 0 aliphatic carbocycles. The Bertz CT molecular complexity index is 800. The van der Waals surface area contributed by atoms with Crippen LogP contribution in [0.3, 0.4) is 0 Å². The minimum absolute atomic E-state index is 0.182. The predicted octanol–water partition coefficient (Wildman–Crippen LogP) is 1.93. The number of aromatic nitrogens is 3. The summed E-state index contributed by atoms with van der Waals surface area (Å²) in [4.78, 5) is 24.1. The fourth-order valence-corrected chi connectivity index (χ4v) is 2.59. The molecule has 0 radical (unpaired) electrons. The Labute approximate surface area is 123 Å². The van der Waals surface area contributed by atoms with E-state index in [0.717, 1.165) is 16.0 Å². The van der Waals surface area contributed by atoms with Crippen molar-refractivity contribution in [2.75, 3.05) is 18.2 Å². The lowest BCUT2D eigenvalue weighted by atomic mass is 10.3. The average Bonchev–Trinajstić information content (AvgIpc) is 2.88. The zero-order valence-corrected chi connectivity index (χ0v) is 11.8. The molecule has 0 aliphatic rings. The van der Waals surface area contributed by atoms with Gasteiger partial charge in [0, 0.05) is 0 Å². The quantitative estimate of drug-likeness (QED) is 0.766. The number of ether oxygens (including phenoxy) is 1. The molecule has 0 saturated carbocycles. The molecule has 0 aliphatic heterocycles. The summed E-state index contributed by atoms with van der Waals surface area (Å²) in [6.07, 6.45) is 2.65. The van der Waals surface area contributed by atoms with Gasteiger partial charge in [0.1, 0.15) is 17.3 Å². The molecule has 2 heterocycles. The molecule has 0 bridgehead atoms. The van der Waals surface area contributed by atoms with Crippen molar-refractivity contribution in [1.29, 1.82) is 0 Å². The lowest BCUT2D eigenvalue weighted by molar-refractivity contribution is 0.102. The molecule has 0 spiro atoms. The number of fused-ring (bicyclic) bond motifs is 1. The Morgan fingerprint density at radius 1 is 1.33 bits per heavy atom. The van der Waals surface area contributed by atoms with Crippen LogP contribution in [0, 0.1) is 0 Å². The highest BCUT2D eigenvalue weighted by atomic mass is 32.1. The second-order valence-electron chi connectivity index (χ2n) is 4.13. The van der Waals surface area contributed by atoms with E-state index in [1.165, 1.54) is 23.7 Å². The van der Waals surface area contributed by atoms with Crippen LogP contribution < -0.4 is 15.8 Å². The second kappa shape index (κ2) is 5.33. The molecular formula is C13H11N5O2S. The third-order valence-corrected chi connectivity index (χ3v) is 3.65. The maximum atomic E-state index is 12.0. The molecule has 7 nitrogen and oxygen atoms in total. The standard InChI is InChI=1S/C13H11N5O2S/c1-20-7-2-3-8-10(4-7)21-13(17-8)18-12(19)9-5-16-11(14)6-15-9/h2-6H,1H3,(H2,14,16)(H,17,18,19). The summed E-state index contributed by atoms with van der Waals surface area (Å²) in [5, 5.41) is 3.18. The number of amides is 1. The van der Waals surface area contributed by atoms with Gasteiger partial charge in [-0.1, -0.05) is 11.3 Å². The number of anilines is 2. The fraction of sp³-hybridized carbons (Fsp3) is 0.0769. The van der Waals surface area contributed by atoms with Gasteiger partial charge in [-0.25, -0.2) is 15.0 Å². The zero-order chi connectivity index (χ0) is 14.8. The van der Waals surface area contributed by atoms with Crippen molar-refractivity contribution in [3.63, 3.8) is 0 Å². The Kier molecular flexibility index (Phi) is 3.36. The minimum Gasteiger partial charge on any atom is -0.497 e. The molecule has 0 unspecified atom stereocenters. The molecule has 1 amide bonds. The van der Waals surface area contributed by atoms with Crippen LogP contribution in [0.2, 0.25) is 0 Å². The van der Waals surface area contributed by atoms with Gasteiger partial charge in [-0.3, -0.25) is 10.1 Å². The average molecular weight is 301 g/mol. The number of nitrogens with one attached hydrogen (secondary N) is 1. The van der Waals surface area contributed by atoms with Crippen LogP contribution in [0.25, 0.3) is 10.2 Å². The molecule has 3 N–H and O–H groups in total. The van der Waals surface area contributed by atoms with Gasteiger partial charge >= 0.3 is 0 Å². The summed E-state index contributed by atoms with van der Waals surface area (Å²) in [5.41, 5.74) is 6.40. The van der Waals surface area contributed by atoms with Crippen molar-refractivity contribution < 1.29 is 9.53 Å². The van der Waals surface area contributed by atoms with Gasteiger partial charge in [-0.2, -0.15) is 0 Å². The van der Waals surface area contributed by atoms with E-state index in [4.69, 9.17) is 10.5 Å². The number of nitrogen functional groups attached to an aromatic ring is 1. The maximum Gasteiger partial charge on any atom is 0.277 e. The Morgan fingerprint density at radius 2 is 2.19 bits per heavy atom. The van der Waals surface area contributed by atoms with E-state index in [-0.39, 0.29) is 17.4 Å². The van der Waals surface area contributed by atoms with E-state index in [1.807, 2.05) is 18.2 Å². The molecule has 3 aromatic rings. The Hall–Kier alpha value is -2.74. The number of nitrogens with zero attached hydrogens (tertiary/aromatic N) is 3. The first kappa shape index (κ1) is 13.3. The third-order valence-electron chi connectivity index (χ3n) is 2.72. The largest absolute Gasteiger partial charge is 0.497 e. The highest BCUT2D eigenvalue weighted by Crippen LogP contribution is 2.29. The molecule has 1 aromatic carbocycles. The molecule has 8 heteroatoms. The number of methoxy groups -OCH3 is 1. The number of rotatable bonds is 3. The summed E-state index contributed by atoms with van der Waals surface area (Å²) >= 11 is 1.36. The van der Waals surface area contributed by atoms with Crippen molar-refractivity contribution in [3.8, 4) is 5.75 Å². The highest BCUT2D eigenvalue weighted by molar-refractivity contribution is 7.22. The predicted molar refractivity (Wildman–Crippen MR) is 80.6 cm³/mol. The van der Waals surface area contributed by atoms with Crippen molar-refractivity contribution >= 4 is 38.4 Å². The number of hydrogen-bond donors (Lipinski definition) is 2. The van der Waals surface area contributed by atoms with Gasteiger partial charge in [0.25, 0.3) is 5.91 Å². The normalized spacial score (nSPS) is 10.5. The highest BCUT2D eigenvalue weighted by Gasteiger charge is 2.11. The van der Waals surface area contributed by atoms with Crippen LogP contribution in [0.15, 0.2) is 30.6 Å². The van der Waals surface area contributed by atoms with Crippen LogP contribution in [0.4, 0.5) is 10.9 Å². The Balaban J connectivity index is 1.84. The minimum atomic E-state index is -0.381. The van der Waals surface area contributed by atoms with Crippen molar-refractivity contribution in [2.24, 2.45) is 0 Å². The first-order chi connectivity index (χ1) is 10.2. The van der Waals surface area contributed by atoms with Crippen molar-refractivity contribution in [2.45, 2.75) is 0 Å². The van der Waals surface area contributed by atoms with Gasteiger partial charge in [0.05, 0.1) is 29.7 Å². The first-order valence-corrected chi connectivity index (χ1v) is 6.81. The third kappa shape index (κ3) is 2.75. The topological polar surface area (TPSA) is 103 Å². The maximum absolute atomic E-state index is 12.0. The van der Waals surface area contributed by atoms with Gasteiger partial charge in [0.2, 0.25) is 0 Å². The van der Waals surface area contributed by atoms with Gasteiger partial charge in [-0.15, -0.1) is 0 Å². The lowest BCUT2D eigenvalue weighted by Crippen LogP contribution is -2.14. The SMILES string of the molecule is COc1ccc2nc(NC(=O)c3cnc(N)cn3)sc2c1. The number of carbonyl (C=O) groups is 1. The van der Waals surface area contributed by atoms with Crippen LogP contribution in [-0.2, 0) is 0 Å². The molecule has 2 aromatic heterocycles. The lowest BCUT2D eigenvalue weighted by Gasteiger charge is -1.99. The molecule has 0 saturated heterocycles. The second-order valence-corrected chi connectivity index (χ2v) is 5.16. The van der Waals surface area contributed by atoms with E-state index < -0.39 is 0 Å².